The molecule has 0 aromatic heterocycles. The second kappa shape index (κ2) is 3.50. The van der Waals surface area contributed by atoms with Crippen LogP contribution in [0, 0.1) is 40.9 Å². The Bertz CT molecular complexity index is 254. The molecule has 0 aromatic carbocycles. The molecule has 3 saturated carbocycles. The lowest BCUT2D eigenvalue weighted by Gasteiger charge is -2.34. The van der Waals surface area contributed by atoms with Gasteiger partial charge in [-0.15, -0.1) is 0 Å². The van der Waals surface area contributed by atoms with E-state index in [2.05, 4.69) is 27.7 Å². The molecule has 0 aliphatic heterocycles. The smallest absolute Gasteiger partial charge is 0.0349 e. The summed E-state index contributed by atoms with van der Waals surface area (Å²) in [6.45, 7) is 9.88. The second-order valence-corrected chi connectivity index (χ2v) is 8.13. The van der Waals surface area contributed by atoms with Crippen molar-refractivity contribution in [1.82, 2.24) is 0 Å². The van der Waals surface area contributed by atoms with Gasteiger partial charge in [0.1, 0.15) is 0 Å². The van der Waals surface area contributed by atoms with Crippen LogP contribution in [0.4, 0.5) is 0 Å². The maximum Gasteiger partial charge on any atom is -0.0349 e. The van der Waals surface area contributed by atoms with Gasteiger partial charge in [-0.25, -0.2) is 0 Å². The lowest BCUT2D eigenvalue weighted by atomic mass is 9.72. The van der Waals surface area contributed by atoms with E-state index in [-0.39, 0.29) is 0 Å². The van der Waals surface area contributed by atoms with Crippen molar-refractivity contribution < 1.29 is 0 Å². The molecule has 0 spiro atoms. The average molecular weight is 220 g/mol. The van der Waals surface area contributed by atoms with Gasteiger partial charge in [-0.3, -0.25) is 0 Å². The van der Waals surface area contributed by atoms with Crippen LogP contribution < -0.4 is 0 Å². The van der Waals surface area contributed by atoms with Crippen molar-refractivity contribution in [3.05, 3.63) is 0 Å². The molecular formula is C16H28. The summed E-state index contributed by atoms with van der Waals surface area (Å²) < 4.78 is 0. The first-order valence-electron chi connectivity index (χ1n) is 7.46. The standard InChI is InChI=1S/C16H28/c1-10(2)11-5-12-7-13(6-11)15-9-16(3,4)8-14(12)15/h10-15H,5-9H2,1-4H3. The zero-order chi connectivity index (χ0) is 11.5. The summed E-state index contributed by atoms with van der Waals surface area (Å²) in [7, 11) is 0. The predicted octanol–water partition coefficient (Wildman–Crippen LogP) is 4.74. The molecule has 0 nitrogen and oxygen atoms in total. The van der Waals surface area contributed by atoms with Crippen LogP contribution in [0.5, 0.6) is 0 Å². The zero-order valence-electron chi connectivity index (χ0n) is 11.5. The highest BCUT2D eigenvalue weighted by molar-refractivity contribution is 5.03. The summed E-state index contributed by atoms with van der Waals surface area (Å²) in [5, 5.41) is 0. The first-order valence-corrected chi connectivity index (χ1v) is 7.46. The van der Waals surface area contributed by atoms with E-state index in [1.807, 2.05) is 0 Å². The van der Waals surface area contributed by atoms with E-state index >= 15 is 0 Å². The highest BCUT2D eigenvalue weighted by atomic mass is 14.6. The summed E-state index contributed by atoms with van der Waals surface area (Å²) in [4.78, 5) is 0. The van der Waals surface area contributed by atoms with Crippen LogP contribution in [0.3, 0.4) is 0 Å². The van der Waals surface area contributed by atoms with E-state index in [1.54, 1.807) is 19.3 Å². The van der Waals surface area contributed by atoms with Crippen LogP contribution in [0.15, 0.2) is 0 Å². The topological polar surface area (TPSA) is 0 Å². The van der Waals surface area contributed by atoms with E-state index in [1.165, 1.54) is 12.8 Å². The molecule has 0 amide bonds. The summed E-state index contributed by atoms with van der Waals surface area (Å²) in [5.74, 6) is 6.43. The molecular weight excluding hydrogens is 192 g/mol. The van der Waals surface area contributed by atoms with Crippen molar-refractivity contribution >= 4 is 0 Å². The van der Waals surface area contributed by atoms with Gasteiger partial charge < -0.3 is 0 Å². The zero-order valence-corrected chi connectivity index (χ0v) is 11.5. The lowest BCUT2D eigenvalue weighted by Crippen LogP contribution is -2.24. The van der Waals surface area contributed by atoms with Crippen LogP contribution >= 0.6 is 0 Å². The Kier molecular flexibility index (Phi) is 2.43. The Labute approximate surface area is 101 Å². The van der Waals surface area contributed by atoms with Crippen molar-refractivity contribution in [2.45, 2.75) is 59.8 Å². The molecule has 3 aliphatic carbocycles. The molecule has 0 aromatic rings. The van der Waals surface area contributed by atoms with E-state index < -0.39 is 0 Å². The second-order valence-electron chi connectivity index (χ2n) is 8.13. The molecule has 0 heteroatoms. The van der Waals surface area contributed by atoms with E-state index in [9.17, 15) is 0 Å². The third-order valence-corrected chi connectivity index (χ3v) is 6.10. The van der Waals surface area contributed by atoms with Gasteiger partial charge in [0, 0.05) is 0 Å². The van der Waals surface area contributed by atoms with Gasteiger partial charge in [-0.1, -0.05) is 27.7 Å². The molecule has 92 valence electrons. The van der Waals surface area contributed by atoms with Gasteiger partial charge in [0.15, 0.2) is 0 Å². The lowest BCUT2D eigenvalue weighted by molar-refractivity contribution is 0.168. The third-order valence-electron chi connectivity index (χ3n) is 6.10. The molecule has 3 aliphatic rings. The normalized spacial score (nSPS) is 49.7. The summed E-state index contributed by atoms with van der Waals surface area (Å²) in [5.41, 5.74) is 0.664. The molecule has 0 N–H and O–H groups in total. The van der Waals surface area contributed by atoms with Crippen LogP contribution in [-0.4, -0.2) is 0 Å². The molecule has 4 atom stereocenters. The number of rotatable bonds is 1. The fourth-order valence-corrected chi connectivity index (χ4v) is 5.39. The van der Waals surface area contributed by atoms with Gasteiger partial charge >= 0.3 is 0 Å². The Morgan fingerprint density at radius 3 is 1.81 bits per heavy atom. The Morgan fingerprint density at radius 2 is 1.38 bits per heavy atom. The van der Waals surface area contributed by atoms with Crippen LogP contribution in [0.2, 0.25) is 0 Å². The minimum Gasteiger partial charge on any atom is -0.0625 e. The van der Waals surface area contributed by atoms with Crippen molar-refractivity contribution in [2.75, 3.05) is 0 Å². The molecule has 0 heterocycles. The fourth-order valence-electron chi connectivity index (χ4n) is 5.39. The molecule has 2 bridgehead atoms. The summed E-state index contributed by atoms with van der Waals surface area (Å²) in [6, 6.07) is 0. The maximum absolute atomic E-state index is 2.50. The van der Waals surface area contributed by atoms with Crippen LogP contribution in [0.1, 0.15) is 59.8 Å². The third kappa shape index (κ3) is 1.64. The SMILES string of the molecule is CC(C)C1CC2CC(C1)C1CC(C)(C)CC21. The molecule has 3 rings (SSSR count). The quantitative estimate of drug-likeness (QED) is 0.598. The molecule has 0 saturated heterocycles. The first kappa shape index (κ1) is 11.1. The highest BCUT2D eigenvalue weighted by Gasteiger charge is 2.53. The first-order chi connectivity index (χ1) is 7.46. The van der Waals surface area contributed by atoms with Gasteiger partial charge in [0.25, 0.3) is 0 Å². The monoisotopic (exact) mass is 220 g/mol. The summed E-state index contributed by atoms with van der Waals surface area (Å²) in [6.07, 6.45) is 7.78. The van der Waals surface area contributed by atoms with Crippen LogP contribution in [-0.2, 0) is 0 Å². The molecule has 16 heavy (non-hydrogen) atoms. The van der Waals surface area contributed by atoms with Crippen molar-refractivity contribution in [3.8, 4) is 0 Å². The van der Waals surface area contributed by atoms with Gasteiger partial charge in [-0.2, -0.15) is 0 Å². The molecule has 0 radical (unpaired) electrons. The van der Waals surface area contributed by atoms with E-state index in [0.29, 0.717) is 5.41 Å². The van der Waals surface area contributed by atoms with Gasteiger partial charge in [0.2, 0.25) is 0 Å². The van der Waals surface area contributed by atoms with Crippen LogP contribution in [0.25, 0.3) is 0 Å². The Hall–Kier alpha value is 0. The average Bonchev–Trinajstić information content (AvgIpc) is 2.62. The fraction of sp³-hybridized carbons (Fsp3) is 1.00. The Morgan fingerprint density at radius 1 is 0.875 bits per heavy atom. The maximum atomic E-state index is 2.50. The number of fused-ring (bicyclic) bond motifs is 5. The van der Waals surface area contributed by atoms with Crippen molar-refractivity contribution in [2.24, 2.45) is 40.9 Å². The minimum absolute atomic E-state index is 0.664. The van der Waals surface area contributed by atoms with E-state index in [0.717, 1.165) is 35.5 Å². The Balaban J connectivity index is 1.77. The number of hydrogen-bond donors (Lipinski definition) is 0. The minimum atomic E-state index is 0.664. The van der Waals surface area contributed by atoms with Crippen molar-refractivity contribution in [3.63, 3.8) is 0 Å². The highest BCUT2D eigenvalue weighted by Crippen LogP contribution is 2.62. The summed E-state index contributed by atoms with van der Waals surface area (Å²) >= 11 is 0. The van der Waals surface area contributed by atoms with Gasteiger partial charge in [-0.05, 0) is 73.0 Å². The number of hydrogen-bond acceptors (Lipinski definition) is 0. The molecule has 3 fully saturated rings. The van der Waals surface area contributed by atoms with E-state index in [4.69, 9.17) is 0 Å². The largest absolute Gasteiger partial charge is 0.0625 e. The van der Waals surface area contributed by atoms with Gasteiger partial charge in [0.05, 0.1) is 0 Å². The van der Waals surface area contributed by atoms with Crippen molar-refractivity contribution in [1.29, 1.82) is 0 Å². The molecule has 4 unspecified atom stereocenters. The predicted molar refractivity (Wildman–Crippen MR) is 69.2 cm³/mol.